The third kappa shape index (κ3) is 3.73. The van der Waals surface area contributed by atoms with Gasteiger partial charge in [-0.3, -0.25) is 4.79 Å². The van der Waals surface area contributed by atoms with Crippen molar-refractivity contribution in [3.05, 3.63) is 29.6 Å². The predicted octanol–water partition coefficient (Wildman–Crippen LogP) is 2.20. The molecular formula is C19H25N5OS. The average Bonchev–Trinajstić information content (AvgIpc) is 3.23. The third-order valence-electron chi connectivity index (χ3n) is 5.31. The predicted molar refractivity (Wildman–Crippen MR) is 104 cm³/mol. The van der Waals surface area contributed by atoms with Gasteiger partial charge in [0.1, 0.15) is 5.69 Å². The molecule has 6 nitrogen and oxygen atoms in total. The van der Waals surface area contributed by atoms with E-state index in [-0.39, 0.29) is 5.92 Å². The molecule has 0 radical (unpaired) electrons. The number of likely N-dealkylation sites (tertiary alicyclic amines) is 1. The molecule has 2 fully saturated rings. The Morgan fingerprint density at radius 1 is 1.12 bits per heavy atom. The molecule has 2 aliphatic heterocycles. The van der Waals surface area contributed by atoms with E-state index in [2.05, 4.69) is 33.1 Å². The number of carbonyl (C=O) groups excluding carboxylic acids is 1. The lowest BCUT2D eigenvalue weighted by Gasteiger charge is -2.38. The number of hydrogen-bond donors (Lipinski definition) is 0. The molecule has 2 aromatic rings. The lowest BCUT2D eigenvalue weighted by molar-refractivity contribution is -0.137. The van der Waals surface area contributed by atoms with Crippen molar-refractivity contribution in [2.24, 2.45) is 5.92 Å². The maximum Gasteiger partial charge on any atom is 0.227 e. The molecule has 4 heterocycles. The van der Waals surface area contributed by atoms with Crippen molar-refractivity contribution in [3.63, 3.8) is 0 Å². The van der Waals surface area contributed by atoms with Crippen LogP contribution in [0.5, 0.6) is 0 Å². The molecule has 4 rings (SSSR count). The van der Waals surface area contributed by atoms with E-state index in [1.807, 2.05) is 28.5 Å². The van der Waals surface area contributed by atoms with Gasteiger partial charge in [0, 0.05) is 32.7 Å². The summed E-state index contributed by atoms with van der Waals surface area (Å²) in [6.07, 6.45) is 2.15. The van der Waals surface area contributed by atoms with Crippen LogP contribution >= 0.6 is 11.3 Å². The van der Waals surface area contributed by atoms with Gasteiger partial charge in [0.25, 0.3) is 0 Å². The van der Waals surface area contributed by atoms with Crippen molar-refractivity contribution < 1.29 is 4.79 Å². The Morgan fingerprint density at radius 2 is 1.96 bits per heavy atom. The average molecular weight is 372 g/mol. The number of piperazine rings is 1. The van der Waals surface area contributed by atoms with Gasteiger partial charge in [-0.05, 0) is 50.0 Å². The summed E-state index contributed by atoms with van der Waals surface area (Å²) in [4.78, 5) is 20.4. The van der Waals surface area contributed by atoms with Crippen LogP contribution in [-0.2, 0) is 4.79 Å². The van der Waals surface area contributed by atoms with E-state index in [0.29, 0.717) is 5.91 Å². The minimum atomic E-state index is 0.171. The lowest BCUT2D eigenvalue weighted by atomic mass is 9.96. The van der Waals surface area contributed by atoms with Gasteiger partial charge >= 0.3 is 0 Å². The molecule has 2 aliphatic rings. The Labute approximate surface area is 158 Å². The zero-order valence-corrected chi connectivity index (χ0v) is 16.0. The number of thiophene rings is 1. The summed E-state index contributed by atoms with van der Waals surface area (Å²) in [6.45, 7) is 5.19. The van der Waals surface area contributed by atoms with E-state index >= 15 is 0 Å². The summed E-state index contributed by atoms with van der Waals surface area (Å²) in [6, 6.07) is 8.15. The van der Waals surface area contributed by atoms with Gasteiger partial charge < -0.3 is 14.7 Å². The van der Waals surface area contributed by atoms with Gasteiger partial charge in [0.15, 0.2) is 5.82 Å². The van der Waals surface area contributed by atoms with Crippen molar-refractivity contribution in [1.29, 1.82) is 0 Å². The first-order valence-electron chi connectivity index (χ1n) is 9.30. The molecule has 26 heavy (non-hydrogen) atoms. The van der Waals surface area contributed by atoms with Crippen molar-refractivity contribution in [1.82, 2.24) is 20.0 Å². The minimum Gasteiger partial charge on any atom is -0.352 e. The fourth-order valence-electron chi connectivity index (χ4n) is 3.83. The summed E-state index contributed by atoms with van der Waals surface area (Å²) in [5.74, 6) is 1.40. The van der Waals surface area contributed by atoms with Gasteiger partial charge in [0.2, 0.25) is 5.91 Å². The van der Waals surface area contributed by atoms with Crippen LogP contribution in [0.15, 0.2) is 29.6 Å². The monoisotopic (exact) mass is 371 g/mol. The molecule has 1 atom stereocenters. The van der Waals surface area contributed by atoms with Crippen molar-refractivity contribution in [2.75, 3.05) is 51.2 Å². The number of carbonyl (C=O) groups is 1. The lowest BCUT2D eigenvalue weighted by Crippen LogP contribution is -2.52. The number of amides is 1. The normalized spacial score (nSPS) is 21.8. The molecule has 0 spiro atoms. The topological polar surface area (TPSA) is 52.6 Å². The summed E-state index contributed by atoms with van der Waals surface area (Å²) in [5, 5.41) is 10.8. The van der Waals surface area contributed by atoms with E-state index in [0.717, 1.165) is 68.5 Å². The molecule has 2 aromatic heterocycles. The fourth-order valence-corrected chi connectivity index (χ4v) is 4.52. The van der Waals surface area contributed by atoms with Crippen molar-refractivity contribution >= 4 is 23.1 Å². The molecule has 1 unspecified atom stereocenters. The van der Waals surface area contributed by atoms with Crippen LogP contribution in [0.3, 0.4) is 0 Å². The fraction of sp³-hybridized carbons (Fsp3) is 0.526. The maximum atomic E-state index is 12.8. The van der Waals surface area contributed by atoms with Gasteiger partial charge in [-0.2, -0.15) is 0 Å². The van der Waals surface area contributed by atoms with E-state index in [4.69, 9.17) is 0 Å². The number of aromatic nitrogens is 2. The molecule has 0 bridgehead atoms. The Kier molecular flexibility index (Phi) is 5.17. The molecule has 138 valence electrons. The van der Waals surface area contributed by atoms with E-state index in [1.54, 1.807) is 11.3 Å². The van der Waals surface area contributed by atoms with Crippen molar-refractivity contribution in [2.45, 2.75) is 12.8 Å². The first-order chi connectivity index (χ1) is 12.7. The Morgan fingerprint density at radius 3 is 2.62 bits per heavy atom. The second kappa shape index (κ2) is 7.72. The number of nitrogens with zero attached hydrogens (tertiary/aromatic N) is 5. The summed E-state index contributed by atoms with van der Waals surface area (Å²) >= 11 is 1.67. The third-order valence-corrected chi connectivity index (χ3v) is 6.21. The summed E-state index contributed by atoms with van der Waals surface area (Å²) in [5.41, 5.74) is 0.916. The standard InChI is InChI=1S/C19H25N5OS/c1-22-8-2-4-15(14-22)19(25)24-11-9-23(10-12-24)18-7-6-16(20-21-18)17-5-3-13-26-17/h3,5-7,13,15H,2,4,8-12,14H2,1H3. The first-order valence-corrected chi connectivity index (χ1v) is 10.2. The van der Waals surface area contributed by atoms with Crippen LogP contribution in [0.2, 0.25) is 0 Å². The molecular weight excluding hydrogens is 346 g/mol. The van der Waals surface area contributed by atoms with Crippen LogP contribution in [0.1, 0.15) is 12.8 Å². The highest BCUT2D eigenvalue weighted by atomic mass is 32.1. The molecule has 1 amide bonds. The smallest absolute Gasteiger partial charge is 0.227 e. The largest absolute Gasteiger partial charge is 0.352 e. The highest BCUT2D eigenvalue weighted by Crippen LogP contribution is 2.24. The van der Waals surface area contributed by atoms with Crippen LogP contribution < -0.4 is 4.90 Å². The molecule has 0 N–H and O–H groups in total. The Balaban J connectivity index is 1.34. The number of hydrogen-bond acceptors (Lipinski definition) is 6. The Bertz CT molecular complexity index is 725. The summed E-state index contributed by atoms with van der Waals surface area (Å²) < 4.78 is 0. The molecule has 0 saturated carbocycles. The van der Waals surface area contributed by atoms with Crippen LogP contribution in [0, 0.1) is 5.92 Å². The quantitative estimate of drug-likeness (QED) is 0.828. The number of piperidine rings is 1. The summed E-state index contributed by atoms with van der Waals surface area (Å²) in [7, 11) is 2.11. The number of rotatable bonds is 3. The highest BCUT2D eigenvalue weighted by molar-refractivity contribution is 7.13. The Hall–Kier alpha value is -1.99. The van der Waals surface area contributed by atoms with E-state index in [1.165, 1.54) is 0 Å². The van der Waals surface area contributed by atoms with Crippen LogP contribution in [0.4, 0.5) is 5.82 Å². The molecule has 7 heteroatoms. The van der Waals surface area contributed by atoms with Gasteiger partial charge in [-0.1, -0.05) is 6.07 Å². The molecule has 0 aliphatic carbocycles. The van der Waals surface area contributed by atoms with Gasteiger partial charge in [0.05, 0.1) is 10.8 Å². The molecule has 2 saturated heterocycles. The minimum absolute atomic E-state index is 0.171. The second-order valence-electron chi connectivity index (χ2n) is 7.17. The maximum absolute atomic E-state index is 12.8. The molecule has 0 aromatic carbocycles. The van der Waals surface area contributed by atoms with Gasteiger partial charge in [-0.15, -0.1) is 21.5 Å². The van der Waals surface area contributed by atoms with E-state index in [9.17, 15) is 4.79 Å². The first kappa shape index (κ1) is 17.4. The van der Waals surface area contributed by atoms with E-state index < -0.39 is 0 Å². The SMILES string of the molecule is CN1CCCC(C(=O)N2CCN(c3ccc(-c4cccs4)nn3)CC2)C1. The van der Waals surface area contributed by atoms with Crippen LogP contribution in [0.25, 0.3) is 10.6 Å². The van der Waals surface area contributed by atoms with Crippen molar-refractivity contribution in [3.8, 4) is 10.6 Å². The van der Waals surface area contributed by atoms with Crippen LogP contribution in [-0.4, -0.2) is 72.2 Å². The second-order valence-corrected chi connectivity index (χ2v) is 8.12. The highest BCUT2D eigenvalue weighted by Gasteiger charge is 2.30. The zero-order chi connectivity index (χ0) is 17.9. The zero-order valence-electron chi connectivity index (χ0n) is 15.2. The number of anilines is 1. The van der Waals surface area contributed by atoms with Gasteiger partial charge in [-0.25, -0.2) is 0 Å².